The molecule has 0 amide bonds. The van der Waals surface area contributed by atoms with Crippen LogP contribution in [0, 0.1) is 0 Å². The molecule has 0 aliphatic heterocycles. The van der Waals surface area contributed by atoms with Crippen LogP contribution in [0.25, 0.3) is 0 Å². The Kier molecular flexibility index (Phi) is 3.67. The zero-order valence-electron chi connectivity index (χ0n) is 8.79. The molecular weight excluding hydrogens is 303 g/mol. The Morgan fingerprint density at radius 3 is 2.18 bits per heavy atom. The number of hydrogen-bond acceptors (Lipinski definition) is 2. The topological polar surface area (TPSA) is 46.5 Å². The molecule has 1 atom stereocenters. The molecule has 2 aromatic rings. The van der Waals surface area contributed by atoms with Gasteiger partial charge in [-0.25, -0.2) is 4.57 Å². The Balaban J connectivity index is 2.23. The van der Waals surface area contributed by atoms with E-state index in [1.54, 1.807) is 54.6 Å². The summed E-state index contributed by atoms with van der Waals surface area (Å²) in [7, 11) is -3.80. The quantitative estimate of drug-likeness (QED) is 0.884. The van der Waals surface area contributed by atoms with E-state index in [2.05, 4.69) is 15.9 Å². The second-order valence-corrected chi connectivity index (χ2v) is 6.06. The Labute approximate surface area is 108 Å². The minimum absolute atomic E-state index is 0.280. The van der Waals surface area contributed by atoms with Crippen molar-refractivity contribution in [1.82, 2.24) is 0 Å². The normalized spacial score (nSPS) is 14.0. The third kappa shape index (κ3) is 3.19. The molecule has 0 saturated carbocycles. The van der Waals surface area contributed by atoms with Crippen molar-refractivity contribution in [2.45, 2.75) is 0 Å². The molecule has 0 saturated heterocycles. The highest BCUT2D eigenvalue weighted by molar-refractivity contribution is 9.10. The molecule has 5 heteroatoms. The maximum Gasteiger partial charge on any atom is 0.408 e. The monoisotopic (exact) mass is 312 g/mol. The van der Waals surface area contributed by atoms with Crippen LogP contribution >= 0.6 is 23.5 Å². The zero-order valence-corrected chi connectivity index (χ0v) is 11.3. The molecule has 0 spiro atoms. The van der Waals surface area contributed by atoms with E-state index in [9.17, 15) is 9.46 Å². The van der Waals surface area contributed by atoms with Crippen molar-refractivity contribution >= 4 is 28.8 Å². The van der Waals surface area contributed by atoms with Gasteiger partial charge in [-0.15, -0.1) is 0 Å². The summed E-state index contributed by atoms with van der Waals surface area (Å²) in [5.74, 6) is 0.364. The van der Waals surface area contributed by atoms with E-state index in [1.165, 1.54) is 0 Å². The largest absolute Gasteiger partial charge is 0.421 e. The fourth-order valence-corrected chi connectivity index (χ4v) is 2.63. The van der Waals surface area contributed by atoms with Crippen LogP contribution in [0.5, 0.6) is 5.75 Å². The second kappa shape index (κ2) is 5.05. The number of halogens is 1. The van der Waals surface area contributed by atoms with Gasteiger partial charge in [0.1, 0.15) is 5.75 Å². The van der Waals surface area contributed by atoms with Gasteiger partial charge >= 0.3 is 7.60 Å². The Morgan fingerprint density at radius 2 is 1.59 bits per heavy atom. The lowest BCUT2D eigenvalue weighted by atomic mass is 10.3. The molecule has 17 heavy (non-hydrogen) atoms. The van der Waals surface area contributed by atoms with Gasteiger partial charge < -0.3 is 9.42 Å². The number of benzene rings is 2. The van der Waals surface area contributed by atoms with Gasteiger partial charge in [-0.2, -0.15) is 0 Å². The molecule has 1 unspecified atom stereocenters. The molecule has 0 fully saturated rings. The van der Waals surface area contributed by atoms with E-state index < -0.39 is 7.60 Å². The molecule has 3 nitrogen and oxygen atoms in total. The molecule has 0 aliphatic rings. The number of rotatable bonds is 3. The molecule has 0 radical (unpaired) electrons. The molecule has 1 N–H and O–H groups in total. The van der Waals surface area contributed by atoms with Crippen LogP contribution in [-0.2, 0) is 4.57 Å². The molecule has 88 valence electrons. The van der Waals surface area contributed by atoms with Crippen molar-refractivity contribution in [3.8, 4) is 5.75 Å². The highest BCUT2D eigenvalue weighted by Gasteiger charge is 2.23. The van der Waals surface area contributed by atoms with Crippen LogP contribution in [-0.4, -0.2) is 4.89 Å². The summed E-state index contributed by atoms with van der Waals surface area (Å²) in [5.41, 5.74) is 0. The average molecular weight is 313 g/mol. The van der Waals surface area contributed by atoms with Gasteiger partial charge in [0.25, 0.3) is 0 Å². The minimum Gasteiger partial charge on any atom is -0.421 e. The van der Waals surface area contributed by atoms with E-state index in [4.69, 9.17) is 4.52 Å². The highest BCUT2D eigenvalue weighted by Crippen LogP contribution is 2.41. The maximum atomic E-state index is 12.0. The molecular formula is C12H10BrO3P. The third-order valence-corrected chi connectivity index (χ3v) is 4.06. The summed E-state index contributed by atoms with van der Waals surface area (Å²) in [4.78, 5) is 9.83. The van der Waals surface area contributed by atoms with Crippen molar-refractivity contribution in [3.63, 3.8) is 0 Å². The van der Waals surface area contributed by atoms with E-state index in [1.807, 2.05) is 0 Å². The summed E-state index contributed by atoms with van der Waals surface area (Å²) in [6.45, 7) is 0. The lowest BCUT2D eigenvalue weighted by molar-refractivity contribution is 0.393. The van der Waals surface area contributed by atoms with Crippen LogP contribution in [0.15, 0.2) is 59.1 Å². The van der Waals surface area contributed by atoms with Gasteiger partial charge in [0.05, 0.1) is 5.30 Å². The van der Waals surface area contributed by atoms with Gasteiger partial charge in [-0.3, -0.25) is 0 Å². The van der Waals surface area contributed by atoms with Gasteiger partial charge in [-0.1, -0.05) is 34.1 Å². The van der Waals surface area contributed by atoms with Crippen molar-refractivity contribution < 1.29 is 14.0 Å². The SMILES string of the molecule is O=P(O)(Oc1ccc(Br)cc1)c1ccccc1. The van der Waals surface area contributed by atoms with Gasteiger partial charge in [-0.05, 0) is 36.4 Å². The average Bonchev–Trinajstić information content (AvgIpc) is 2.33. The Morgan fingerprint density at radius 1 is 1.00 bits per heavy atom. The first kappa shape index (κ1) is 12.4. The van der Waals surface area contributed by atoms with Gasteiger partial charge in [0, 0.05) is 4.47 Å². The molecule has 0 heterocycles. The molecule has 0 aliphatic carbocycles. The van der Waals surface area contributed by atoms with Crippen molar-refractivity contribution in [1.29, 1.82) is 0 Å². The Hall–Kier alpha value is -1.09. The maximum absolute atomic E-state index is 12.0. The van der Waals surface area contributed by atoms with Crippen molar-refractivity contribution in [2.24, 2.45) is 0 Å². The molecule has 0 bridgehead atoms. The van der Waals surface area contributed by atoms with E-state index in [0.29, 0.717) is 5.75 Å². The summed E-state index contributed by atoms with van der Waals surface area (Å²) < 4.78 is 18.0. The highest BCUT2D eigenvalue weighted by atomic mass is 79.9. The van der Waals surface area contributed by atoms with Crippen molar-refractivity contribution in [3.05, 3.63) is 59.1 Å². The molecule has 0 aromatic heterocycles. The van der Waals surface area contributed by atoms with E-state index >= 15 is 0 Å². The second-order valence-electron chi connectivity index (χ2n) is 3.40. The van der Waals surface area contributed by atoms with Crippen LogP contribution in [0.3, 0.4) is 0 Å². The fraction of sp³-hybridized carbons (Fsp3) is 0. The summed E-state index contributed by atoms with van der Waals surface area (Å²) in [5, 5.41) is 0.280. The first-order valence-corrected chi connectivity index (χ1v) is 7.28. The van der Waals surface area contributed by atoms with Crippen LogP contribution in [0.4, 0.5) is 0 Å². The van der Waals surface area contributed by atoms with Gasteiger partial charge in [0.2, 0.25) is 0 Å². The third-order valence-electron chi connectivity index (χ3n) is 2.13. The first-order chi connectivity index (χ1) is 8.08. The Bertz CT molecular complexity index is 539. The standard InChI is InChI=1S/C12H10BrO3P/c13-10-6-8-11(9-7-10)16-17(14,15)12-4-2-1-3-5-12/h1-9H,(H,14,15). The molecule has 2 rings (SSSR count). The van der Waals surface area contributed by atoms with Crippen molar-refractivity contribution in [2.75, 3.05) is 0 Å². The molecule has 2 aromatic carbocycles. The first-order valence-electron chi connectivity index (χ1n) is 4.91. The zero-order chi connectivity index (χ0) is 12.3. The smallest absolute Gasteiger partial charge is 0.408 e. The minimum atomic E-state index is -3.80. The summed E-state index contributed by atoms with van der Waals surface area (Å²) >= 11 is 3.28. The lowest BCUT2D eigenvalue weighted by Crippen LogP contribution is -2.08. The summed E-state index contributed by atoms with van der Waals surface area (Å²) in [6.07, 6.45) is 0. The summed E-state index contributed by atoms with van der Waals surface area (Å²) in [6, 6.07) is 15.1. The van der Waals surface area contributed by atoms with Crippen LogP contribution in [0.1, 0.15) is 0 Å². The predicted octanol–water partition coefficient (Wildman–Crippen LogP) is 3.34. The predicted molar refractivity (Wildman–Crippen MR) is 70.7 cm³/mol. The van der Waals surface area contributed by atoms with Crippen LogP contribution in [0.2, 0.25) is 0 Å². The van der Waals surface area contributed by atoms with E-state index in [0.717, 1.165) is 4.47 Å². The fourth-order valence-electron chi connectivity index (χ4n) is 1.31. The lowest BCUT2D eigenvalue weighted by Gasteiger charge is -2.13. The number of hydrogen-bond donors (Lipinski definition) is 1. The van der Waals surface area contributed by atoms with E-state index in [-0.39, 0.29) is 5.30 Å². The van der Waals surface area contributed by atoms with Crippen LogP contribution < -0.4 is 9.83 Å². The van der Waals surface area contributed by atoms with Gasteiger partial charge in [0.15, 0.2) is 0 Å².